The minimum absolute atomic E-state index is 0.00194. The molecule has 9 nitrogen and oxygen atoms in total. The third kappa shape index (κ3) is 5.44. The molecular weight excluding hydrogens is 409 g/mol. The molecule has 2 aromatic heterocycles. The van der Waals surface area contributed by atoms with Gasteiger partial charge >= 0.3 is 12.3 Å². The molecule has 3 N–H and O–H groups in total. The van der Waals surface area contributed by atoms with Crippen LogP contribution in [-0.4, -0.2) is 39.0 Å². The topological polar surface area (TPSA) is 134 Å². The minimum atomic E-state index is -4.47. The van der Waals surface area contributed by atoms with Crippen LogP contribution in [0.3, 0.4) is 0 Å². The summed E-state index contributed by atoms with van der Waals surface area (Å²) in [4.78, 5) is 18.5. The second-order valence-electron chi connectivity index (χ2n) is 5.97. The van der Waals surface area contributed by atoms with Crippen molar-refractivity contribution in [1.82, 2.24) is 15.1 Å². The van der Waals surface area contributed by atoms with E-state index in [1.165, 1.54) is 0 Å². The van der Waals surface area contributed by atoms with Crippen LogP contribution in [0.15, 0.2) is 47.1 Å². The second-order valence-corrected chi connectivity index (χ2v) is 5.97. The molecule has 0 radical (unpaired) electrons. The Hall–Kier alpha value is -3.67. The van der Waals surface area contributed by atoms with Crippen molar-refractivity contribution in [2.24, 2.45) is 5.73 Å². The molecule has 0 bridgehead atoms. The van der Waals surface area contributed by atoms with Gasteiger partial charge in [-0.2, -0.15) is 18.2 Å². The van der Waals surface area contributed by atoms with Crippen molar-refractivity contribution < 1.29 is 37.1 Å². The number of aliphatic hydroxyl groups excluding tert-OH is 1. The van der Waals surface area contributed by atoms with Crippen molar-refractivity contribution in [2.45, 2.75) is 18.7 Å². The van der Waals surface area contributed by atoms with Crippen LogP contribution < -0.4 is 10.5 Å². The molecule has 1 aromatic carbocycles. The lowest BCUT2D eigenvalue weighted by Crippen LogP contribution is -2.27. The fourth-order valence-electron chi connectivity index (χ4n) is 2.36. The number of carbonyl (C=O) groups is 1. The van der Waals surface area contributed by atoms with Crippen LogP contribution in [0, 0.1) is 0 Å². The second kappa shape index (κ2) is 8.78. The smallest absolute Gasteiger partial charge is 0.417 e. The molecule has 3 aromatic rings. The van der Waals surface area contributed by atoms with E-state index < -0.39 is 30.5 Å². The van der Waals surface area contributed by atoms with Crippen LogP contribution in [0.25, 0.3) is 11.4 Å². The van der Waals surface area contributed by atoms with Gasteiger partial charge in [-0.25, -0.2) is 9.78 Å². The average molecular weight is 424 g/mol. The monoisotopic (exact) mass is 424 g/mol. The van der Waals surface area contributed by atoms with Crippen molar-refractivity contribution >= 4 is 6.09 Å². The van der Waals surface area contributed by atoms with Gasteiger partial charge in [-0.05, 0) is 30.3 Å². The molecule has 0 saturated heterocycles. The third-order valence-corrected chi connectivity index (χ3v) is 3.76. The molecule has 3 rings (SSSR count). The van der Waals surface area contributed by atoms with E-state index in [1.54, 1.807) is 24.3 Å². The SMILES string of the molecule is NC(=O)O[C@H](CO)Cc1nc(-c2ccc(Oc3ccc(C(F)(F)F)cn3)cc2)no1. The average Bonchev–Trinajstić information content (AvgIpc) is 3.16. The standard InChI is InChI=1S/C18H15F3N4O5/c19-18(20,21)11-3-6-14(23-8-11)28-12-4-1-10(2-5-12)16-24-15(30-25-16)7-13(9-26)29-17(22)27/h1-6,8,13,26H,7,9H2,(H2,22,27)/t13-/m0/s1. The van der Waals surface area contributed by atoms with Gasteiger partial charge in [-0.1, -0.05) is 5.16 Å². The number of aromatic nitrogens is 3. The first-order chi connectivity index (χ1) is 14.2. The molecule has 0 aliphatic heterocycles. The van der Waals surface area contributed by atoms with Crippen LogP contribution in [0.2, 0.25) is 0 Å². The van der Waals surface area contributed by atoms with Crippen LogP contribution in [0.1, 0.15) is 11.5 Å². The fourth-order valence-corrected chi connectivity index (χ4v) is 2.36. The molecule has 0 saturated carbocycles. The van der Waals surface area contributed by atoms with Gasteiger partial charge in [-0.15, -0.1) is 0 Å². The predicted molar refractivity (Wildman–Crippen MR) is 94.3 cm³/mol. The lowest BCUT2D eigenvalue weighted by Gasteiger charge is -2.10. The lowest BCUT2D eigenvalue weighted by atomic mass is 10.2. The zero-order valence-corrected chi connectivity index (χ0v) is 15.2. The van der Waals surface area contributed by atoms with Gasteiger partial charge in [0.25, 0.3) is 0 Å². The first-order valence-corrected chi connectivity index (χ1v) is 8.45. The van der Waals surface area contributed by atoms with E-state index in [4.69, 9.17) is 24.8 Å². The van der Waals surface area contributed by atoms with Crippen molar-refractivity contribution in [3.8, 4) is 23.0 Å². The molecule has 0 aliphatic rings. The molecule has 1 atom stereocenters. The van der Waals surface area contributed by atoms with Gasteiger partial charge in [0.15, 0.2) is 0 Å². The molecule has 1 amide bonds. The number of rotatable bonds is 7. The van der Waals surface area contributed by atoms with Gasteiger partial charge in [0.05, 0.1) is 18.6 Å². The van der Waals surface area contributed by atoms with Crippen molar-refractivity contribution in [2.75, 3.05) is 6.61 Å². The highest BCUT2D eigenvalue weighted by molar-refractivity contribution is 5.64. The number of nitrogens with two attached hydrogens (primary N) is 1. The van der Waals surface area contributed by atoms with E-state index in [0.29, 0.717) is 17.5 Å². The first kappa shape index (κ1) is 21.0. The number of primary amides is 1. The summed E-state index contributed by atoms with van der Waals surface area (Å²) in [6.45, 7) is -0.468. The number of aliphatic hydroxyl groups is 1. The van der Waals surface area contributed by atoms with Crippen molar-refractivity contribution in [3.05, 3.63) is 54.0 Å². The Bertz CT molecular complexity index is 990. The Balaban J connectivity index is 1.64. The van der Waals surface area contributed by atoms with E-state index in [1.807, 2.05) is 0 Å². The number of ether oxygens (including phenoxy) is 2. The lowest BCUT2D eigenvalue weighted by molar-refractivity contribution is -0.137. The third-order valence-electron chi connectivity index (χ3n) is 3.76. The number of hydrogen-bond donors (Lipinski definition) is 2. The Morgan fingerprint density at radius 2 is 1.93 bits per heavy atom. The van der Waals surface area contributed by atoms with Crippen LogP contribution in [0.5, 0.6) is 11.6 Å². The van der Waals surface area contributed by atoms with E-state index in [9.17, 15) is 18.0 Å². The van der Waals surface area contributed by atoms with Crippen LogP contribution in [-0.2, 0) is 17.3 Å². The largest absolute Gasteiger partial charge is 0.443 e. The van der Waals surface area contributed by atoms with Gasteiger partial charge in [0.1, 0.15) is 11.9 Å². The van der Waals surface area contributed by atoms with E-state index >= 15 is 0 Å². The molecule has 0 unspecified atom stereocenters. The first-order valence-electron chi connectivity index (χ1n) is 8.45. The fraction of sp³-hybridized carbons (Fsp3) is 0.222. The maximum absolute atomic E-state index is 12.6. The number of amides is 1. The van der Waals surface area contributed by atoms with E-state index in [0.717, 1.165) is 12.1 Å². The molecule has 0 spiro atoms. The Labute approximate surface area is 167 Å². The number of hydrogen-bond acceptors (Lipinski definition) is 8. The zero-order chi connectivity index (χ0) is 21.7. The highest BCUT2D eigenvalue weighted by atomic mass is 19.4. The molecule has 30 heavy (non-hydrogen) atoms. The van der Waals surface area contributed by atoms with E-state index in [-0.39, 0.29) is 24.0 Å². The van der Waals surface area contributed by atoms with Crippen molar-refractivity contribution in [3.63, 3.8) is 0 Å². The highest BCUT2D eigenvalue weighted by Crippen LogP contribution is 2.30. The molecule has 0 fully saturated rings. The molecular formula is C18H15F3N4O5. The summed E-state index contributed by atoms with van der Waals surface area (Å²) in [6, 6.07) is 8.32. The van der Waals surface area contributed by atoms with Gasteiger partial charge in [0.2, 0.25) is 17.6 Å². The maximum Gasteiger partial charge on any atom is 0.417 e. The maximum atomic E-state index is 12.6. The van der Waals surface area contributed by atoms with Crippen molar-refractivity contribution in [1.29, 1.82) is 0 Å². The van der Waals surface area contributed by atoms with Gasteiger partial charge in [-0.3, -0.25) is 0 Å². The minimum Gasteiger partial charge on any atom is -0.443 e. The van der Waals surface area contributed by atoms with E-state index in [2.05, 4.69) is 15.1 Å². The number of benzene rings is 1. The Morgan fingerprint density at radius 3 is 2.50 bits per heavy atom. The normalized spacial score (nSPS) is 12.4. The molecule has 2 heterocycles. The Morgan fingerprint density at radius 1 is 1.20 bits per heavy atom. The van der Waals surface area contributed by atoms with Gasteiger partial charge < -0.3 is 24.8 Å². The zero-order valence-electron chi connectivity index (χ0n) is 15.2. The Kier molecular flexibility index (Phi) is 6.16. The summed E-state index contributed by atoms with van der Waals surface area (Å²) >= 11 is 0. The predicted octanol–water partition coefficient (Wildman–Crippen LogP) is 2.94. The van der Waals surface area contributed by atoms with Crippen LogP contribution >= 0.6 is 0 Å². The number of alkyl halides is 3. The highest BCUT2D eigenvalue weighted by Gasteiger charge is 2.30. The summed E-state index contributed by atoms with van der Waals surface area (Å²) in [5.74, 6) is 0.701. The number of nitrogens with zero attached hydrogens (tertiary/aromatic N) is 3. The molecule has 0 aliphatic carbocycles. The summed E-state index contributed by atoms with van der Waals surface area (Å²) in [5, 5.41) is 13.0. The number of carbonyl (C=O) groups excluding carboxylic acids is 1. The summed E-state index contributed by atoms with van der Waals surface area (Å²) in [5.41, 5.74) is 4.60. The number of halogens is 3. The molecule has 12 heteroatoms. The summed E-state index contributed by atoms with van der Waals surface area (Å²) < 4.78 is 52.8. The summed E-state index contributed by atoms with van der Waals surface area (Å²) in [6.07, 6.45) is -5.76. The quantitative estimate of drug-likeness (QED) is 0.591. The summed E-state index contributed by atoms with van der Waals surface area (Å²) in [7, 11) is 0. The van der Waals surface area contributed by atoms with Gasteiger partial charge in [0, 0.05) is 17.8 Å². The number of pyridine rings is 1. The van der Waals surface area contributed by atoms with Crippen LogP contribution in [0.4, 0.5) is 18.0 Å². The molecule has 158 valence electrons.